The lowest BCUT2D eigenvalue weighted by molar-refractivity contribution is -0.384. The van der Waals surface area contributed by atoms with Crippen molar-refractivity contribution >= 4 is 22.5 Å². The summed E-state index contributed by atoms with van der Waals surface area (Å²) in [5.74, 6) is -0.249. The first-order valence-corrected chi connectivity index (χ1v) is 7.07. The summed E-state index contributed by atoms with van der Waals surface area (Å²) in [6.07, 6.45) is 1.85. The molecule has 1 heterocycles. The maximum absolute atomic E-state index is 12.0. The van der Waals surface area contributed by atoms with Gasteiger partial charge in [0.15, 0.2) is 0 Å². The van der Waals surface area contributed by atoms with E-state index in [0.717, 1.165) is 12.8 Å². The van der Waals surface area contributed by atoms with Crippen molar-refractivity contribution in [3.05, 3.63) is 50.8 Å². The molecule has 1 N–H and O–H groups in total. The Bertz CT molecular complexity index is 767. The zero-order chi connectivity index (χ0) is 16.1. The highest BCUT2D eigenvalue weighted by Crippen LogP contribution is 2.19. The molecule has 1 amide bonds. The molecule has 0 radical (unpaired) electrons. The van der Waals surface area contributed by atoms with Crippen LogP contribution in [0.15, 0.2) is 35.1 Å². The van der Waals surface area contributed by atoms with Crippen LogP contribution in [0.2, 0.25) is 0 Å². The maximum atomic E-state index is 12.0. The molecule has 0 saturated heterocycles. The Morgan fingerprint density at radius 1 is 1.32 bits per heavy atom. The number of non-ortho nitro benzene ring substituents is 1. The van der Waals surface area contributed by atoms with Gasteiger partial charge >= 0.3 is 0 Å². The van der Waals surface area contributed by atoms with Crippen LogP contribution in [0, 0.1) is 10.1 Å². The highest BCUT2D eigenvalue weighted by molar-refractivity contribution is 5.83. The number of nitrogens with one attached hydrogen (secondary N) is 1. The molecule has 0 aliphatic carbocycles. The highest BCUT2D eigenvalue weighted by Gasteiger charge is 2.11. The van der Waals surface area contributed by atoms with E-state index in [2.05, 4.69) is 5.32 Å². The topological polar surface area (TPSA) is 94.2 Å². The number of aromatic nitrogens is 1. The standard InChI is InChI=1S/C15H17N3O4/c1-2-3-8-16-14(19)10-17-13-6-5-12(18(21)22)9-11(13)4-7-15(17)20/h4-7,9H,2-3,8,10H2,1H3,(H,16,19). The van der Waals surface area contributed by atoms with E-state index in [0.29, 0.717) is 17.4 Å². The second kappa shape index (κ2) is 6.84. The molecule has 0 bridgehead atoms. The monoisotopic (exact) mass is 303 g/mol. The van der Waals surface area contributed by atoms with Gasteiger partial charge in [-0.1, -0.05) is 13.3 Å². The summed E-state index contributed by atoms with van der Waals surface area (Å²) in [5.41, 5.74) is 0.140. The minimum atomic E-state index is -0.494. The number of nitrogens with zero attached hydrogens (tertiary/aromatic N) is 2. The van der Waals surface area contributed by atoms with Crippen LogP contribution in [0.25, 0.3) is 10.9 Å². The Labute approximate surface area is 126 Å². The Morgan fingerprint density at radius 3 is 2.77 bits per heavy atom. The molecule has 0 spiro atoms. The van der Waals surface area contributed by atoms with E-state index in [1.807, 2.05) is 6.92 Å². The van der Waals surface area contributed by atoms with Crippen molar-refractivity contribution in [3.63, 3.8) is 0 Å². The third-order valence-electron chi connectivity index (χ3n) is 3.34. The fraction of sp³-hybridized carbons (Fsp3) is 0.333. The summed E-state index contributed by atoms with van der Waals surface area (Å²) in [5, 5.41) is 14.1. The van der Waals surface area contributed by atoms with Gasteiger partial charge < -0.3 is 5.32 Å². The van der Waals surface area contributed by atoms with Crippen LogP contribution in [0.1, 0.15) is 19.8 Å². The molecule has 0 fully saturated rings. The van der Waals surface area contributed by atoms with Crippen molar-refractivity contribution in [2.24, 2.45) is 0 Å². The van der Waals surface area contributed by atoms with Gasteiger partial charge in [0.05, 0.1) is 10.4 Å². The Morgan fingerprint density at radius 2 is 2.09 bits per heavy atom. The first-order valence-electron chi connectivity index (χ1n) is 7.07. The van der Waals surface area contributed by atoms with Crippen molar-refractivity contribution in [3.8, 4) is 0 Å². The molecular weight excluding hydrogens is 286 g/mol. The average molecular weight is 303 g/mol. The molecule has 0 aliphatic rings. The second-order valence-electron chi connectivity index (χ2n) is 4.96. The Hall–Kier alpha value is -2.70. The van der Waals surface area contributed by atoms with Gasteiger partial charge in [-0.25, -0.2) is 0 Å². The molecular formula is C15H17N3O4. The molecule has 1 aromatic carbocycles. The van der Waals surface area contributed by atoms with E-state index in [-0.39, 0.29) is 23.7 Å². The van der Waals surface area contributed by atoms with E-state index in [1.54, 1.807) is 0 Å². The first kappa shape index (κ1) is 15.7. The molecule has 2 aromatic rings. The van der Waals surface area contributed by atoms with Gasteiger partial charge in [-0.2, -0.15) is 0 Å². The van der Waals surface area contributed by atoms with E-state index < -0.39 is 4.92 Å². The van der Waals surface area contributed by atoms with Gasteiger partial charge in [0.1, 0.15) is 6.54 Å². The number of carbonyl (C=O) groups is 1. The molecule has 0 saturated carbocycles. The number of unbranched alkanes of at least 4 members (excludes halogenated alkanes) is 1. The van der Waals surface area contributed by atoms with E-state index in [4.69, 9.17) is 0 Å². The van der Waals surface area contributed by atoms with Crippen LogP contribution in [-0.4, -0.2) is 21.9 Å². The molecule has 7 heteroatoms. The number of pyridine rings is 1. The van der Waals surface area contributed by atoms with Gasteiger partial charge in [0.25, 0.3) is 11.2 Å². The molecule has 0 atom stereocenters. The predicted molar refractivity (Wildman–Crippen MR) is 82.8 cm³/mol. The van der Waals surface area contributed by atoms with Crippen molar-refractivity contribution in [1.29, 1.82) is 0 Å². The summed E-state index contributed by atoms with van der Waals surface area (Å²) < 4.78 is 1.32. The molecule has 7 nitrogen and oxygen atoms in total. The third kappa shape index (κ3) is 3.49. The van der Waals surface area contributed by atoms with Gasteiger partial charge in [-0.15, -0.1) is 0 Å². The molecule has 0 aliphatic heterocycles. The first-order chi connectivity index (χ1) is 10.5. The zero-order valence-electron chi connectivity index (χ0n) is 12.2. The number of nitro groups is 1. The van der Waals surface area contributed by atoms with E-state index in [1.165, 1.54) is 34.9 Å². The number of nitro benzene ring substituents is 1. The quantitative estimate of drug-likeness (QED) is 0.500. The minimum absolute atomic E-state index is 0.0508. The summed E-state index contributed by atoms with van der Waals surface area (Å²) >= 11 is 0. The second-order valence-corrected chi connectivity index (χ2v) is 4.96. The fourth-order valence-corrected chi connectivity index (χ4v) is 2.17. The lowest BCUT2D eigenvalue weighted by Crippen LogP contribution is -2.32. The smallest absolute Gasteiger partial charge is 0.270 e. The fourth-order valence-electron chi connectivity index (χ4n) is 2.17. The summed E-state index contributed by atoms with van der Waals surface area (Å²) in [7, 11) is 0. The van der Waals surface area contributed by atoms with Crippen molar-refractivity contribution in [1.82, 2.24) is 9.88 Å². The number of hydrogen-bond acceptors (Lipinski definition) is 4. The zero-order valence-corrected chi connectivity index (χ0v) is 12.2. The molecule has 22 heavy (non-hydrogen) atoms. The van der Waals surface area contributed by atoms with Crippen LogP contribution >= 0.6 is 0 Å². The summed E-state index contributed by atoms with van der Waals surface area (Å²) in [6.45, 7) is 2.49. The van der Waals surface area contributed by atoms with E-state index >= 15 is 0 Å². The van der Waals surface area contributed by atoms with Gasteiger partial charge in [-0.3, -0.25) is 24.3 Å². The van der Waals surface area contributed by atoms with Crippen LogP contribution < -0.4 is 10.9 Å². The lowest BCUT2D eigenvalue weighted by atomic mass is 10.2. The highest BCUT2D eigenvalue weighted by atomic mass is 16.6. The summed E-state index contributed by atoms with van der Waals surface area (Å²) in [6, 6.07) is 7.04. The summed E-state index contributed by atoms with van der Waals surface area (Å²) in [4.78, 5) is 34.1. The van der Waals surface area contributed by atoms with Crippen LogP contribution in [0.4, 0.5) is 5.69 Å². The van der Waals surface area contributed by atoms with Gasteiger partial charge in [0, 0.05) is 30.1 Å². The van der Waals surface area contributed by atoms with Crippen molar-refractivity contribution in [2.75, 3.05) is 6.54 Å². The number of carbonyl (C=O) groups excluding carboxylic acids is 1. The number of benzene rings is 1. The molecule has 1 aromatic heterocycles. The normalized spacial score (nSPS) is 10.6. The Kier molecular flexibility index (Phi) is 4.88. The average Bonchev–Trinajstić information content (AvgIpc) is 2.50. The molecule has 116 valence electrons. The maximum Gasteiger partial charge on any atom is 0.270 e. The van der Waals surface area contributed by atoms with Crippen molar-refractivity contribution < 1.29 is 9.72 Å². The number of fused-ring (bicyclic) bond motifs is 1. The Balaban J connectivity index is 2.32. The lowest BCUT2D eigenvalue weighted by Gasteiger charge is -2.10. The van der Waals surface area contributed by atoms with Crippen molar-refractivity contribution in [2.45, 2.75) is 26.3 Å². The number of rotatable bonds is 6. The SMILES string of the molecule is CCCCNC(=O)Cn1c(=O)ccc2cc([N+](=O)[O-])ccc21. The van der Waals surface area contributed by atoms with Gasteiger partial charge in [-0.05, 0) is 18.6 Å². The largest absolute Gasteiger partial charge is 0.355 e. The molecule has 0 unspecified atom stereocenters. The van der Waals surface area contributed by atoms with Crippen LogP contribution in [-0.2, 0) is 11.3 Å². The van der Waals surface area contributed by atoms with Crippen LogP contribution in [0.5, 0.6) is 0 Å². The minimum Gasteiger partial charge on any atom is -0.355 e. The van der Waals surface area contributed by atoms with E-state index in [9.17, 15) is 19.7 Å². The molecule has 2 rings (SSSR count). The predicted octanol–water partition coefficient (Wildman–Crippen LogP) is 1.83. The van der Waals surface area contributed by atoms with Gasteiger partial charge in [0.2, 0.25) is 5.91 Å². The third-order valence-corrected chi connectivity index (χ3v) is 3.34. The number of hydrogen-bond donors (Lipinski definition) is 1. The number of amides is 1. The van der Waals surface area contributed by atoms with Crippen LogP contribution in [0.3, 0.4) is 0 Å².